The molecule has 2 rings (SSSR count). The van der Waals surface area contributed by atoms with Crippen LogP contribution in [-0.4, -0.2) is 67.4 Å². The van der Waals surface area contributed by atoms with Gasteiger partial charge in [0.25, 0.3) is 5.91 Å². The van der Waals surface area contributed by atoms with E-state index in [9.17, 15) is 31.1 Å². The summed E-state index contributed by atoms with van der Waals surface area (Å²) in [5.74, 6) is -5.26. The van der Waals surface area contributed by atoms with Gasteiger partial charge < -0.3 is 15.2 Å². The Morgan fingerprint density at radius 2 is 1.91 bits per heavy atom. The minimum Gasteiger partial charge on any atom is -0.493 e. The molecular weight excluding hydrogens is 466 g/mol. The van der Waals surface area contributed by atoms with E-state index in [0.717, 1.165) is 18.9 Å². The molecule has 0 radical (unpaired) electrons. The molecule has 1 fully saturated rings. The third-order valence-corrected chi connectivity index (χ3v) is 6.17. The standard InChI is InChI=1S/C23H32F6N2O3/c1-2-16(13-17-5-9-31(10-6-17)15-22(25,26)23(27,28)29)7-12-34-18-3-4-19(20(24)14-18)21(33)30-8-11-32/h3-4,14,16-17,32H,2,5-13,15H2,1H3,(H,30,33). The van der Waals surface area contributed by atoms with Gasteiger partial charge in [0.15, 0.2) is 0 Å². The minimum atomic E-state index is -5.54. The van der Waals surface area contributed by atoms with Crippen molar-refractivity contribution in [1.29, 1.82) is 0 Å². The number of hydrogen-bond donors (Lipinski definition) is 2. The Bertz CT molecular complexity index is 782. The number of nitrogens with one attached hydrogen (secondary N) is 1. The second-order valence-corrected chi connectivity index (χ2v) is 8.69. The van der Waals surface area contributed by atoms with Gasteiger partial charge >= 0.3 is 12.1 Å². The number of ether oxygens (including phenoxy) is 1. The van der Waals surface area contributed by atoms with Crippen LogP contribution in [0.1, 0.15) is 49.4 Å². The zero-order valence-corrected chi connectivity index (χ0v) is 19.1. The lowest BCUT2D eigenvalue weighted by atomic mass is 9.84. The smallest absolute Gasteiger partial charge is 0.454 e. The largest absolute Gasteiger partial charge is 0.493 e. The summed E-state index contributed by atoms with van der Waals surface area (Å²) in [6, 6.07) is 3.93. The summed E-state index contributed by atoms with van der Waals surface area (Å²) in [5, 5.41) is 11.1. The molecule has 2 N–H and O–H groups in total. The molecule has 11 heteroatoms. The summed E-state index contributed by atoms with van der Waals surface area (Å²) in [6.45, 7) is 1.23. The Kier molecular flexibility index (Phi) is 10.5. The lowest BCUT2D eigenvalue weighted by Gasteiger charge is -2.35. The lowest BCUT2D eigenvalue weighted by molar-refractivity contribution is -0.287. The summed E-state index contributed by atoms with van der Waals surface area (Å²) in [4.78, 5) is 13.0. The maximum absolute atomic E-state index is 14.2. The Hall–Kier alpha value is -2.01. The predicted molar refractivity (Wildman–Crippen MR) is 114 cm³/mol. The van der Waals surface area contributed by atoms with Gasteiger partial charge in [-0.05, 0) is 62.7 Å². The van der Waals surface area contributed by atoms with E-state index in [0.29, 0.717) is 25.9 Å². The molecule has 1 heterocycles. The molecule has 1 aliphatic rings. The zero-order chi connectivity index (χ0) is 25.4. The Morgan fingerprint density at radius 3 is 2.47 bits per heavy atom. The van der Waals surface area contributed by atoms with Crippen molar-refractivity contribution in [3.05, 3.63) is 29.6 Å². The first-order chi connectivity index (χ1) is 16.0. The average Bonchev–Trinajstić information content (AvgIpc) is 2.77. The van der Waals surface area contributed by atoms with Gasteiger partial charge in [0.1, 0.15) is 11.6 Å². The second-order valence-electron chi connectivity index (χ2n) is 8.69. The fourth-order valence-electron chi connectivity index (χ4n) is 4.09. The molecule has 1 unspecified atom stereocenters. The van der Waals surface area contributed by atoms with E-state index in [2.05, 4.69) is 5.32 Å². The number of nitrogens with zero attached hydrogens (tertiary/aromatic N) is 1. The van der Waals surface area contributed by atoms with Gasteiger partial charge in [-0.15, -0.1) is 0 Å². The first-order valence-corrected chi connectivity index (χ1v) is 11.4. The number of halogens is 6. The van der Waals surface area contributed by atoms with Crippen molar-refractivity contribution in [2.45, 2.75) is 51.1 Å². The van der Waals surface area contributed by atoms with Gasteiger partial charge in [0, 0.05) is 12.6 Å². The van der Waals surface area contributed by atoms with E-state index < -0.39 is 30.4 Å². The summed E-state index contributed by atoms with van der Waals surface area (Å²) in [5.41, 5.74) is -0.147. The summed E-state index contributed by atoms with van der Waals surface area (Å²) >= 11 is 0. The molecule has 0 aliphatic carbocycles. The Morgan fingerprint density at radius 1 is 1.24 bits per heavy atom. The van der Waals surface area contributed by atoms with Gasteiger partial charge in [-0.1, -0.05) is 13.3 Å². The van der Waals surface area contributed by atoms with Gasteiger partial charge in [-0.25, -0.2) is 4.39 Å². The summed E-state index contributed by atoms with van der Waals surface area (Å²) < 4.78 is 83.5. The summed E-state index contributed by atoms with van der Waals surface area (Å²) in [6.07, 6.45) is -2.04. The number of piperidine rings is 1. The topological polar surface area (TPSA) is 61.8 Å². The van der Waals surface area contributed by atoms with E-state index in [-0.39, 0.29) is 49.4 Å². The highest BCUT2D eigenvalue weighted by atomic mass is 19.4. The summed E-state index contributed by atoms with van der Waals surface area (Å²) in [7, 11) is 0. The van der Waals surface area contributed by atoms with Crippen LogP contribution in [0.2, 0.25) is 0 Å². The van der Waals surface area contributed by atoms with Gasteiger partial charge in [0.05, 0.1) is 25.3 Å². The zero-order valence-electron chi connectivity index (χ0n) is 19.1. The molecule has 0 bridgehead atoms. The van der Waals surface area contributed by atoms with Crippen LogP contribution in [-0.2, 0) is 0 Å². The van der Waals surface area contributed by atoms with Crippen molar-refractivity contribution in [1.82, 2.24) is 10.2 Å². The van der Waals surface area contributed by atoms with Crippen molar-refractivity contribution in [2.75, 3.05) is 39.4 Å². The molecule has 1 aromatic rings. The van der Waals surface area contributed by atoms with E-state index in [1.54, 1.807) is 0 Å². The molecule has 1 aromatic carbocycles. The molecule has 5 nitrogen and oxygen atoms in total. The van der Waals surface area contributed by atoms with Crippen LogP contribution >= 0.6 is 0 Å². The second kappa shape index (κ2) is 12.6. The molecule has 1 saturated heterocycles. The van der Waals surface area contributed by atoms with Crippen LogP contribution in [0, 0.1) is 17.7 Å². The highest BCUT2D eigenvalue weighted by Crippen LogP contribution is 2.37. The number of carbonyl (C=O) groups is 1. The van der Waals surface area contributed by atoms with Crippen molar-refractivity contribution in [3.63, 3.8) is 0 Å². The van der Waals surface area contributed by atoms with Crippen molar-refractivity contribution in [3.8, 4) is 5.75 Å². The van der Waals surface area contributed by atoms with Crippen LogP contribution in [0.25, 0.3) is 0 Å². The number of aliphatic hydroxyl groups is 1. The normalized spacial score (nSPS) is 16.9. The van der Waals surface area contributed by atoms with Crippen molar-refractivity contribution >= 4 is 5.91 Å². The Balaban J connectivity index is 1.75. The van der Waals surface area contributed by atoms with Crippen LogP contribution in [0.5, 0.6) is 5.75 Å². The molecule has 1 aliphatic heterocycles. The van der Waals surface area contributed by atoms with Crippen LogP contribution in [0.15, 0.2) is 18.2 Å². The molecule has 194 valence electrons. The number of hydrogen-bond acceptors (Lipinski definition) is 4. The van der Waals surface area contributed by atoms with Crippen molar-refractivity contribution < 1.29 is 41.0 Å². The fraction of sp³-hybridized carbons (Fsp3) is 0.696. The van der Waals surface area contributed by atoms with Gasteiger partial charge in [0.2, 0.25) is 0 Å². The molecule has 1 atom stereocenters. The van der Waals surface area contributed by atoms with Crippen LogP contribution in [0.4, 0.5) is 26.3 Å². The number of amides is 1. The number of carbonyl (C=O) groups excluding carboxylic acids is 1. The Labute approximate surface area is 195 Å². The molecule has 0 saturated carbocycles. The molecule has 1 amide bonds. The number of rotatable bonds is 12. The third-order valence-electron chi connectivity index (χ3n) is 6.17. The fourth-order valence-corrected chi connectivity index (χ4v) is 4.09. The number of likely N-dealkylation sites (tertiary alicyclic amines) is 1. The quantitative estimate of drug-likeness (QED) is 0.412. The van der Waals surface area contributed by atoms with E-state index in [4.69, 9.17) is 9.84 Å². The number of aliphatic hydroxyl groups excluding tert-OH is 1. The maximum Gasteiger partial charge on any atom is 0.454 e. The lowest BCUT2D eigenvalue weighted by Crippen LogP contribution is -2.49. The number of benzene rings is 1. The predicted octanol–water partition coefficient (Wildman–Crippen LogP) is 4.64. The highest BCUT2D eigenvalue weighted by Gasteiger charge is 2.58. The molecular formula is C23H32F6N2O3. The van der Waals surface area contributed by atoms with E-state index in [1.807, 2.05) is 6.92 Å². The van der Waals surface area contributed by atoms with Crippen LogP contribution in [0.3, 0.4) is 0 Å². The molecule has 0 spiro atoms. The molecule has 34 heavy (non-hydrogen) atoms. The SMILES string of the molecule is CCC(CCOc1ccc(C(=O)NCCO)c(F)c1)CC1CCN(CC(F)(F)C(F)(F)F)CC1. The monoisotopic (exact) mass is 498 g/mol. The van der Waals surface area contributed by atoms with Crippen molar-refractivity contribution in [2.24, 2.45) is 11.8 Å². The highest BCUT2D eigenvalue weighted by molar-refractivity contribution is 5.94. The minimum absolute atomic E-state index is 0.0218. The third kappa shape index (κ3) is 8.33. The van der Waals surface area contributed by atoms with E-state index in [1.165, 1.54) is 17.0 Å². The van der Waals surface area contributed by atoms with Gasteiger partial charge in [-0.2, -0.15) is 22.0 Å². The average molecular weight is 499 g/mol. The van der Waals surface area contributed by atoms with Crippen LogP contribution < -0.4 is 10.1 Å². The number of alkyl halides is 5. The molecule has 0 aromatic heterocycles. The first kappa shape index (κ1) is 28.2. The first-order valence-electron chi connectivity index (χ1n) is 11.4. The maximum atomic E-state index is 14.2. The van der Waals surface area contributed by atoms with Gasteiger partial charge in [-0.3, -0.25) is 9.69 Å². The van der Waals surface area contributed by atoms with E-state index >= 15 is 0 Å².